The van der Waals surface area contributed by atoms with Crippen LogP contribution in [0.15, 0.2) is 22.7 Å². The number of carboxylic acids is 1. The fraction of sp³-hybridized carbons (Fsp3) is 0.417. The Labute approximate surface area is 115 Å². The number of likely N-dealkylation sites (N-methyl/N-ethyl adjacent to an activating group) is 1. The van der Waals surface area contributed by atoms with Crippen LogP contribution in [0.2, 0.25) is 0 Å². The second kappa shape index (κ2) is 6.61. The van der Waals surface area contributed by atoms with Crippen LogP contribution in [0.4, 0.5) is 5.69 Å². The van der Waals surface area contributed by atoms with Gasteiger partial charge in [-0.25, -0.2) is 0 Å². The van der Waals surface area contributed by atoms with Crippen LogP contribution in [0.5, 0.6) is 5.75 Å². The van der Waals surface area contributed by atoms with Gasteiger partial charge in [0.1, 0.15) is 5.75 Å². The summed E-state index contributed by atoms with van der Waals surface area (Å²) in [7, 11) is 3.47. The number of halogens is 1. The highest BCUT2D eigenvalue weighted by atomic mass is 79.9. The Morgan fingerprint density at radius 3 is 2.78 bits per heavy atom. The molecule has 18 heavy (non-hydrogen) atoms. The number of ether oxygens (including phenoxy) is 1. The number of nitrogens with two attached hydrogens (primary N) is 1. The number of carboxylic acid groups (broad SMARTS) is 1. The van der Waals surface area contributed by atoms with Crippen molar-refractivity contribution in [3.63, 3.8) is 0 Å². The number of hydrogen-bond donors (Lipinski definition) is 2. The molecule has 100 valence electrons. The quantitative estimate of drug-likeness (QED) is 0.835. The number of carbonyl (C=O) groups is 1. The molecule has 3 N–H and O–H groups in total. The zero-order chi connectivity index (χ0) is 13.7. The number of anilines is 1. The molecule has 0 saturated heterocycles. The van der Waals surface area contributed by atoms with Crippen LogP contribution in [0.3, 0.4) is 0 Å². The minimum Gasteiger partial charge on any atom is -0.496 e. The van der Waals surface area contributed by atoms with E-state index in [1.165, 1.54) is 0 Å². The average Bonchev–Trinajstić information content (AvgIpc) is 2.27. The summed E-state index contributed by atoms with van der Waals surface area (Å²) >= 11 is 3.41. The second-order valence-corrected chi connectivity index (χ2v) is 4.91. The van der Waals surface area contributed by atoms with Crippen molar-refractivity contribution in [2.45, 2.75) is 12.5 Å². The van der Waals surface area contributed by atoms with Crippen molar-refractivity contribution < 1.29 is 14.6 Å². The Balaban J connectivity index is 2.69. The average molecular weight is 317 g/mol. The van der Waals surface area contributed by atoms with Crippen LogP contribution in [-0.2, 0) is 4.79 Å². The fourth-order valence-corrected chi connectivity index (χ4v) is 2.17. The number of nitrogens with zero attached hydrogens (tertiary/aromatic N) is 1. The van der Waals surface area contributed by atoms with Crippen LogP contribution in [0.1, 0.15) is 6.42 Å². The summed E-state index contributed by atoms with van der Waals surface area (Å²) in [4.78, 5) is 12.5. The number of rotatable bonds is 6. The summed E-state index contributed by atoms with van der Waals surface area (Å²) < 4.78 is 5.99. The SMILES string of the molecule is COc1ccc(N(C)CC(N)CC(=O)O)cc1Br. The van der Waals surface area contributed by atoms with Crippen molar-refractivity contribution in [2.24, 2.45) is 5.73 Å². The lowest BCUT2D eigenvalue weighted by Gasteiger charge is -2.23. The van der Waals surface area contributed by atoms with E-state index in [2.05, 4.69) is 15.9 Å². The van der Waals surface area contributed by atoms with Crippen molar-refractivity contribution >= 4 is 27.6 Å². The molecule has 0 aliphatic carbocycles. The Kier molecular flexibility index (Phi) is 5.43. The Morgan fingerprint density at radius 1 is 1.61 bits per heavy atom. The predicted molar refractivity (Wildman–Crippen MR) is 74.2 cm³/mol. The second-order valence-electron chi connectivity index (χ2n) is 4.06. The topological polar surface area (TPSA) is 75.8 Å². The third kappa shape index (κ3) is 4.19. The molecule has 0 heterocycles. The van der Waals surface area contributed by atoms with Gasteiger partial charge in [0, 0.05) is 25.3 Å². The summed E-state index contributed by atoms with van der Waals surface area (Å²) in [6.07, 6.45) is -0.0400. The maximum absolute atomic E-state index is 10.5. The molecule has 0 aliphatic rings. The van der Waals surface area contributed by atoms with E-state index in [1.807, 2.05) is 30.1 Å². The minimum atomic E-state index is -0.883. The van der Waals surface area contributed by atoms with Crippen LogP contribution >= 0.6 is 15.9 Å². The van der Waals surface area contributed by atoms with Crippen molar-refractivity contribution in [1.29, 1.82) is 0 Å². The van der Waals surface area contributed by atoms with Gasteiger partial charge in [-0.1, -0.05) is 0 Å². The van der Waals surface area contributed by atoms with Crippen LogP contribution < -0.4 is 15.4 Å². The smallest absolute Gasteiger partial charge is 0.304 e. The van der Waals surface area contributed by atoms with E-state index in [0.717, 1.165) is 15.9 Å². The van der Waals surface area contributed by atoms with Gasteiger partial charge in [0.05, 0.1) is 18.0 Å². The molecule has 1 unspecified atom stereocenters. The van der Waals surface area contributed by atoms with Crippen molar-refractivity contribution in [2.75, 3.05) is 25.6 Å². The fourth-order valence-electron chi connectivity index (χ4n) is 1.64. The lowest BCUT2D eigenvalue weighted by molar-refractivity contribution is -0.137. The van der Waals surface area contributed by atoms with Gasteiger partial charge in [-0.15, -0.1) is 0 Å². The normalized spacial score (nSPS) is 12.0. The Morgan fingerprint density at radius 2 is 2.28 bits per heavy atom. The zero-order valence-corrected chi connectivity index (χ0v) is 12.0. The van der Waals surface area contributed by atoms with Gasteiger partial charge in [-0.3, -0.25) is 4.79 Å². The lowest BCUT2D eigenvalue weighted by atomic mass is 10.2. The molecule has 1 atom stereocenters. The molecular weight excluding hydrogens is 300 g/mol. The first kappa shape index (κ1) is 14.8. The molecule has 0 saturated carbocycles. The first-order chi connectivity index (χ1) is 8.43. The monoisotopic (exact) mass is 316 g/mol. The molecule has 1 aromatic rings. The number of aliphatic carboxylic acids is 1. The van der Waals surface area contributed by atoms with E-state index in [0.29, 0.717) is 6.54 Å². The zero-order valence-electron chi connectivity index (χ0n) is 10.4. The standard InChI is InChI=1S/C12H17BrN2O3/c1-15(7-8(14)5-12(16)17)9-3-4-11(18-2)10(13)6-9/h3-4,6,8H,5,7,14H2,1-2H3,(H,16,17). The Bertz CT molecular complexity index is 426. The van der Waals surface area contributed by atoms with E-state index in [4.69, 9.17) is 15.6 Å². The molecule has 0 aliphatic heterocycles. The summed E-state index contributed by atoms with van der Waals surface area (Å²) in [6.45, 7) is 0.477. The molecule has 1 rings (SSSR count). The first-order valence-electron chi connectivity index (χ1n) is 5.46. The third-order valence-electron chi connectivity index (χ3n) is 2.52. The predicted octanol–water partition coefficient (Wildman–Crippen LogP) is 1.70. The van der Waals surface area contributed by atoms with Gasteiger partial charge >= 0.3 is 5.97 Å². The maximum Gasteiger partial charge on any atom is 0.304 e. The highest BCUT2D eigenvalue weighted by molar-refractivity contribution is 9.10. The van der Waals surface area contributed by atoms with Crippen molar-refractivity contribution in [3.8, 4) is 5.75 Å². The van der Waals surface area contributed by atoms with Gasteiger partial charge in [-0.2, -0.15) is 0 Å². The maximum atomic E-state index is 10.5. The molecular formula is C12H17BrN2O3. The minimum absolute atomic E-state index is 0.0400. The van der Waals surface area contributed by atoms with Crippen LogP contribution in [0.25, 0.3) is 0 Å². The molecule has 0 spiro atoms. The molecule has 0 amide bonds. The molecule has 0 aromatic heterocycles. The van der Waals surface area contributed by atoms with Crippen LogP contribution in [-0.4, -0.2) is 37.8 Å². The van der Waals surface area contributed by atoms with Crippen molar-refractivity contribution in [1.82, 2.24) is 0 Å². The van der Waals surface area contributed by atoms with Gasteiger partial charge in [-0.05, 0) is 34.1 Å². The van der Waals surface area contributed by atoms with E-state index in [-0.39, 0.29) is 6.42 Å². The van der Waals surface area contributed by atoms with E-state index >= 15 is 0 Å². The first-order valence-corrected chi connectivity index (χ1v) is 6.25. The molecule has 0 radical (unpaired) electrons. The lowest BCUT2D eigenvalue weighted by Crippen LogP contribution is -2.36. The highest BCUT2D eigenvalue weighted by Gasteiger charge is 2.12. The molecule has 0 fully saturated rings. The van der Waals surface area contributed by atoms with Gasteiger partial charge < -0.3 is 20.5 Å². The Hall–Kier alpha value is -1.27. The highest BCUT2D eigenvalue weighted by Crippen LogP contribution is 2.29. The van der Waals surface area contributed by atoms with Gasteiger partial charge in [0.2, 0.25) is 0 Å². The number of methoxy groups -OCH3 is 1. The number of benzene rings is 1. The summed E-state index contributed by atoms with van der Waals surface area (Å²) in [5.74, 6) is -0.131. The summed E-state index contributed by atoms with van der Waals surface area (Å²) in [6, 6.07) is 5.26. The van der Waals surface area contributed by atoms with Crippen molar-refractivity contribution in [3.05, 3.63) is 22.7 Å². The summed E-state index contributed by atoms with van der Waals surface area (Å²) in [5, 5.41) is 8.66. The summed E-state index contributed by atoms with van der Waals surface area (Å²) in [5.41, 5.74) is 6.70. The van der Waals surface area contributed by atoms with Gasteiger partial charge in [0.25, 0.3) is 0 Å². The molecule has 6 heteroatoms. The van der Waals surface area contributed by atoms with Crippen LogP contribution in [0, 0.1) is 0 Å². The molecule has 1 aromatic carbocycles. The van der Waals surface area contributed by atoms with Gasteiger partial charge in [0.15, 0.2) is 0 Å². The molecule has 0 bridgehead atoms. The molecule has 5 nitrogen and oxygen atoms in total. The van der Waals surface area contributed by atoms with E-state index in [9.17, 15) is 4.79 Å². The third-order valence-corrected chi connectivity index (χ3v) is 3.14. The van der Waals surface area contributed by atoms with E-state index in [1.54, 1.807) is 7.11 Å². The largest absolute Gasteiger partial charge is 0.496 e. The number of hydrogen-bond acceptors (Lipinski definition) is 4. The van der Waals surface area contributed by atoms with E-state index < -0.39 is 12.0 Å².